The Morgan fingerprint density at radius 2 is 1.96 bits per heavy atom. The Bertz CT molecular complexity index is 886. The Morgan fingerprint density at radius 1 is 1.19 bits per heavy atom. The lowest BCUT2D eigenvalue weighted by Gasteiger charge is -2.20. The summed E-state index contributed by atoms with van der Waals surface area (Å²) in [5.41, 5.74) is 2.43. The summed E-state index contributed by atoms with van der Waals surface area (Å²) in [4.78, 5) is 25.9. The molecule has 5 nitrogen and oxygen atoms in total. The summed E-state index contributed by atoms with van der Waals surface area (Å²) in [6, 6.07) is 7.85. The molecule has 142 valence electrons. The molecule has 0 saturated carbocycles. The molecule has 0 aromatic heterocycles. The highest BCUT2D eigenvalue weighted by Crippen LogP contribution is 2.27. The molecule has 1 fully saturated rings. The minimum Gasteiger partial charge on any atom is -0.374 e. The van der Waals surface area contributed by atoms with Crippen molar-refractivity contribution in [1.29, 1.82) is 0 Å². The molecule has 1 unspecified atom stereocenters. The van der Waals surface area contributed by atoms with Gasteiger partial charge < -0.3 is 15.5 Å². The van der Waals surface area contributed by atoms with Crippen LogP contribution in [0.5, 0.6) is 0 Å². The molecule has 2 aromatic rings. The highest BCUT2D eigenvalue weighted by molar-refractivity contribution is 5.97. The number of aryl methyl sites for hydroxylation is 1. The zero-order valence-electron chi connectivity index (χ0n) is 15.2. The van der Waals surface area contributed by atoms with Gasteiger partial charge in [-0.25, -0.2) is 8.78 Å². The number of halogens is 2. The van der Waals surface area contributed by atoms with Crippen LogP contribution in [-0.4, -0.2) is 24.4 Å². The van der Waals surface area contributed by atoms with Crippen molar-refractivity contribution in [3.05, 3.63) is 53.6 Å². The van der Waals surface area contributed by atoms with E-state index in [0.29, 0.717) is 18.7 Å². The summed E-state index contributed by atoms with van der Waals surface area (Å²) in [6.07, 6.45) is 1.42. The van der Waals surface area contributed by atoms with Crippen molar-refractivity contribution in [2.24, 2.45) is 0 Å². The van der Waals surface area contributed by atoms with Gasteiger partial charge in [0.15, 0.2) is 0 Å². The molecule has 0 spiro atoms. The number of hydrogen-bond acceptors (Lipinski definition) is 3. The first-order valence-corrected chi connectivity index (χ1v) is 8.78. The molecule has 27 heavy (non-hydrogen) atoms. The average molecular weight is 373 g/mol. The molecule has 1 aliphatic heterocycles. The van der Waals surface area contributed by atoms with E-state index in [4.69, 9.17) is 0 Å². The van der Waals surface area contributed by atoms with Crippen LogP contribution in [0.3, 0.4) is 0 Å². The first-order chi connectivity index (χ1) is 12.8. The molecule has 1 heterocycles. The fourth-order valence-electron chi connectivity index (χ4n) is 3.10. The molecule has 1 atom stereocenters. The van der Waals surface area contributed by atoms with Crippen LogP contribution in [-0.2, 0) is 9.59 Å². The Balaban J connectivity index is 1.66. The summed E-state index contributed by atoms with van der Waals surface area (Å²) in [5.74, 6) is -1.86. The summed E-state index contributed by atoms with van der Waals surface area (Å²) in [7, 11) is 0. The van der Waals surface area contributed by atoms with Gasteiger partial charge in [0.1, 0.15) is 17.7 Å². The molecule has 0 aliphatic carbocycles. The topological polar surface area (TPSA) is 61.4 Å². The zero-order valence-corrected chi connectivity index (χ0v) is 15.2. The fourth-order valence-corrected chi connectivity index (χ4v) is 3.10. The molecule has 1 aliphatic rings. The maximum Gasteiger partial charge on any atom is 0.246 e. The van der Waals surface area contributed by atoms with Gasteiger partial charge in [-0.05, 0) is 56.2 Å². The average Bonchev–Trinajstić information content (AvgIpc) is 3.03. The maximum absolute atomic E-state index is 13.7. The quantitative estimate of drug-likeness (QED) is 0.837. The molecule has 1 saturated heterocycles. The van der Waals surface area contributed by atoms with E-state index >= 15 is 0 Å². The normalized spacial score (nSPS) is 15.0. The summed E-state index contributed by atoms with van der Waals surface area (Å²) < 4.78 is 26.6. The zero-order chi connectivity index (χ0) is 19.6. The molecule has 2 N–H and O–H groups in total. The number of anilines is 3. The lowest BCUT2D eigenvalue weighted by molar-refractivity contribution is -0.117. The highest BCUT2D eigenvalue weighted by atomic mass is 19.1. The van der Waals surface area contributed by atoms with Crippen LogP contribution in [0.2, 0.25) is 0 Å². The van der Waals surface area contributed by atoms with E-state index in [1.54, 1.807) is 17.9 Å². The second kappa shape index (κ2) is 7.73. The van der Waals surface area contributed by atoms with Crippen LogP contribution in [0.25, 0.3) is 0 Å². The van der Waals surface area contributed by atoms with Crippen LogP contribution in [0.4, 0.5) is 25.8 Å². The molecule has 0 radical (unpaired) electrons. The standard InChI is InChI=1S/C20H21F2N3O2/c1-12-10-15(6-8-18(12)25-9-3-4-19(25)26)23-13(2)20(27)24-17-7-5-14(21)11-16(17)22/h5-8,10-11,13,23H,3-4,9H2,1-2H3,(H,24,27). The van der Waals surface area contributed by atoms with Gasteiger partial charge in [0, 0.05) is 30.4 Å². The summed E-state index contributed by atoms with van der Waals surface area (Å²) >= 11 is 0. The molecule has 2 amide bonds. The van der Waals surface area contributed by atoms with Crippen LogP contribution < -0.4 is 15.5 Å². The number of rotatable bonds is 5. The van der Waals surface area contributed by atoms with Gasteiger partial charge >= 0.3 is 0 Å². The first-order valence-electron chi connectivity index (χ1n) is 8.78. The largest absolute Gasteiger partial charge is 0.374 e. The van der Waals surface area contributed by atoms with E-state index in [2.05, 4.69) is 10.6 Å². The second-order valence-corrected chi connectivity index (χ2v) is 6.63. The van der Waals surface area contributed by atoms with Crippen molar-refractivity contribution >= 4 is 28.9 Å². The van der Waals surface area contributed by atoms with Gasteiger partial charge in [-0.15, -0.1) is 0 Å². The van der Waals surface area contributed by atoms with E-state index in [0.717, 1.165) is 29.8 Å². The van der Waals surface area contributed by atoms with Crippen LogP contribution >= 0.6 is 0 Å². The van der Waals surface area contributed by atoms with Crippen LogP contribution in [0.15, 0.2) is 36.4 Å². The van der Waals surface area contributed by atoms with Gasteiger partial charge in [-0.1, -0.05) is 0 Å². The third kappa shape index (κ3) is 4.24. The molecule has 0 bridgehead atoms. The third-order valence-corrected chi connectivity index (χ3v) is 4.53. The number of hydrogen-bond donors (Lipinski definition) is 2. The number of nitrogens with one attached hydrogen (secondary N) is 2. The molecular weight excluding hydrogens is 352 g/mol. The number of nitrogens with zero attached hydrogens (tertiary/aromatic N) is 1. The van der Waals surface area contributed by atoms with Crippen molar-refractivity contribution in [2.45, 2.75) is 32.7 Å². The number of carbonyl (C=O) groups excluding carboxylic acids is 2. The second-order valence-electron chi connectivity index (χ2n) is 6.63. The van der Waals surface area contributed by atoms with E-state index in [1.165, 1.54) is 6.07 Å². The Kier molecular flexibility index (Phi) is 5.39. The van der Waals surface area contributed by atoms with Crippen molar-refractivity contribution in [2.75, 3.05) is 22.1 Å². The van der Waals surface area contributed by atoms with Gasteiger partial charge in [-0.3, -0.25) is 9.59 Å². The van der Waals surface area contributed by atoms with Gasteiger partial charge in [0.25, 0.3) is 0 Å². The first kappa shape index (κ1) is 18.8. The summed E-state index contributed by atoms with van der Waals surface area (Å²) in [5, 5.41) is 5.49. The SMILES string of the molecule is Cc1cc(NC(C)C(=O)Nc2ccc(F)cc2F)ccc1N1CCCC1=O. The lowest BCUT2D eigenvalue weighted by Crippen LogP contribution is -2.32. The molecule has 2 aromatic carbocycles. The van der Waals surface area contributed by atoms with E-state index in [9.17, 15) is 18.4 Å². The molecule has 7 heteroatoms. The van der Waals surface area contributed by atoms with E-state index < -0.39 is 23.6 Å². The van der Waals surface area contributed by atoms with Gasteiger partial charge in [0.2, 0.25) is 11.8 Å². The molecular formula is C20H21F2N3O2. The van der Waals surface area contributed by atoms with Crippen molar-refractivity contribution in [3.8, 4) is 0 Å². The smallest absolute Gasteiger partial charge is 0.246 e. The predicted molar refractivity (Wildman–Crippen MR) is 101 cm³/mol. The van der Waals surface area contributed by atoms with Gasteiger partial charge in [-0.2, -0.15) is 0 Å². The van der Waals surface area contributed by atoms with Crippen LogP contribution in [0, 0.1) is 18.6 Å². The van der Waals surface area contributed by atoms with Crippen LogP contribution in [0.1, 0.15) is 25.3 Å². The minimum atomic E-state index is -0.828. The summed E-state index contributed by atoms with van der Waals surface area (Å²) in [6.45, 7) is 4.27. The number of amides is 2. The van der Waals surface area contributed by atoms with Gasteiger partial charge in [0.05, 0.1) is 5.69 Å². The van der Waals surface area contributed by atoms with Crippen molar-refractivity contribution in [3.63, 3.8) is 0 Å². The Hall–Kier alpha value is -2.96. The molecule has 3 rings (SSSR count). The lowest BCUT2D eigenvalue weighted by atomic mass is 10.1. The number of benzene rings is 2. The predicted octanol–water partition coefficient (Wildman–Crippen LogP) is 3.84. The highest BCUT2D eigenvalue weighted by Gasteiger charge is 2.23. The maximum atomic E-state index is 13.7. The minimum absolute atomic E-state index is 0.0749. The fraction of sp³-hybridized carbons (Fsp3) is 0.300. The third-order valence-electron chi connectivity index (χ3n) is 4.53. The van der Waals surface area contributed by atoms with Crippen molar-refractivity contribution in [1.82, 2.24) is 0 Å². The van der Waals surface area contributed by atoms with E-state index in [-0.39, 0.29) is 11.6 Å². The Morgan fingerprint density at radius 3 is 2.59 bits per heavy atom. The Labute approximate surface area is 156 Å². The van der Waals surface area contributed by atoms with E-state index in [1.807, 2.05) is 19.1 Å². The van der Waals surface area contributed by atoms with Crippen molar-refractivity contribution < 1.29 is 18.4 Å². The number of carbonyl (C=O) groups is 2. The monoisotopic (exact) mass is 373 g/mol.